The number of benzene rings is 3. The number of nitrogens with zero attached hydrogens (tertiary/aromatic N) is 8. The van der Waals surface area contributed by atoms with E-state index in [1.165, 1.54) is 43.3 Å². The second-order valence-corrected chi connectivity index (χ2v) is 16.3. The zero-order chi connectivity index (χ0) is 45.5. The number of anilines is 2. The average molecular weight is 925 g/mol. The van der Waals surface area contributed by atoms with Crippen LogP contribution in [0.3, 0.4) is 0 Å². The van der Waals surface area contributed by atoms with E-state index in [0.717, 1.165) is 43.6 Å². The number of hydrogen-bond donors (Lipinski definition) is 4. The third-order valence-corrected chi connectivity index (χ3v) is 11.8. The number of nitrogens with two attached hydrogens (primary N) is 1. The number of aliphatic carboxylic acids is 1. The number of piperazine rings is 1. The van der Waals surface area contributed by atoms with Crippen LogP contribution in [0.25, 0.3) is 5.69 Å². The Morgan fingerprint density at radius 1 is 1.00 bits per heavy atom. The maximum Gasteiger partial charge on any atom is 0.410 e. The molecule has 0 radical (unpaired) electrons. The minimum Gasteiger partial charge on any atom is -1.00 e. The molecule has 5 aromatic rings. The maximum absolute atomic E-state index is 15.4. The number of nitrogens with one attached hydrogen (secondary N) is 1. The van der Waals surface area contributed by atoms with Crippen LogP contribution in [-0.2, 0) is 26.4 Å². The first-order valence-electron chi connectivity index (χ1n) is 21.4. The van der Waals surface area contributed by atoms with Gasteiger partial charge >= 0.3 is 17.8 Å². The van der Waals surface area contributed by atoms with Gasteiger partial charge in [-0.2, -0.15) is 9.67 Å². The fourth-order valence-electron chi connectivity index (χ4n) is 8.25. The summed E-state index contributed by atoms with van der Waals surface area (Å²) in [6, 6.07) is 17.6. The van der Waals surface area contributed by atoms with Crippen molar-refractivity contribution in [1.82, 2.24) is 29.4 Å². The van der Waals surface area contributed by atoms with Crippen LogP contribution in [-0.4, -0.2) is 104 Å². The number of halogens is 3. The van der Waals surface area contributed by atoms with Crippen molar-refractivity contribution in [2.45, 2.75) is 76.6 Å². The van der Waals surface area contributed by atoms with E-state index in [-0.39, 0.29) is 62.3 Å². The summed E-state index contributed by atoms with van der Waals surface area (Å²) < 4.78 is 53.3. The predicted molar refractivity (Wildman–Crippen MR) is 229 cm³/mol. The van der Waals surface area contributed by atoms with Crippen LogP contribution < -0.4 is 48.3 Å². The molecule has 4 heterocycles. The van der Waals surface area contributed by atoms with Crippen LogP contribution in [0.15, 0.2) is 90.5 Å². The topological polar surface area (TPSA) is 208 Å². The summed E-state index contributed by atoms with van der Waals surface area (Å²) in [6.07, 6.45) is 3.20. The van der Waals surface area contributed by atoms with Gasteiger partial charge < -0.3 is 57.7 Å². The number of carboxylic acids is 1. The van der Waals surface area contributed by atoms with E-state index in [0.29, 0.717) is 24.3 Å². The van der Waals surface area contributed by atoms with Gasteiger partial charge in [0.05, 0.1) is 31.0 Å². The highest BCUT2D eigenvalue weighted by atomic mass is 35.5. The van der Waals surface area contributed by atoms with Crippen LogP contribution in [0.5, 0.6) is 5.75 Å². The highest BCUT2D eigenvalue weighted by Gasteiger charge is 2.46. The van der Waals surface area contributed by atoms with Crippen LogP contribution in [0.4, 0.5) is 25.0 Å². The molecule has 7 rings (SSSR count). The van der Waals surface area contributed by atoms with Crippen LogP contribution >= 0.6 is 0 Å². The first-order chi connectivity index (χ1) is 30.7. The van der Waals surface area contributed by atoms with Crippen LogP contribution in [0, 0.1) is 17.6 Å². The quantitative estimate of drug-likeness (QED) is 0.0886. The summed E-state index contributed by atoms with van der Waals surface area (Å²) in [5, 5.41) is 30.1. The normalized spacial score (nSPS) is 19.2. The van der Waals surface area contributed by atoms with E-state index in [1.807, 2.05) is 55.5 Å². The Bertz CT molecular complexity index is 2430. The molecule has 2 aliphatic rings. The summed E-state index contributed by atoms with van der Waals surface area (Å²) in [5.41, 5.74) is 6.98. The van der Waals surface area contributed by atoms with Crippen molar-refractivity contribution in [3.8, 4) is 11.4 Å². The van der Waals surface area contributed by atoms with E-state index in [9.17, 15) is 23.9 Å². The monoisotopic (exact) mass is 924 g/mol. The van der Waals surface area contributed by atoms with Gasteiger partial charge in [0.2, 0.25) is 12.6 Å². The Kier molecular flexibility index (Phi) is 15.8. The fraction of sp³-hybridized carbons (Fsp3) is 0.455. The molecule has 0 spiro atoms. The van der Waals surface area contributed by atoms with E-state index >= 15 is 4.39 Å². The first-order valence-corrected chi connectivity index (χ1v) is 21.4. The SMILES string of the molecule is CC[C@@H]([C@H](C)O)n1ncn(-c2ccc(N3CCN(c4ccc(OC[C@@H]5CO[C@@](Cn6c[n+](C(C)OC(=O)NCC[C@H](N)C(=O)O)cn6)(c6ccc(F)cc6F)C5)cc4)CC3)cc2)c1=O.[Cl-]. The summed E-state index contributed by atoms with van der Waals surface area (Å²) in [4.78, 5) is 40.9. The molecule has 0 saturated carbocycles. The molecule has 21 heteroatoms. The third-order valence-electron chi connectivity index (χ3n) is 11.8. The summed E-state index contributed by atoms with van der Waals surface area (Å²) in [7, 11) is 0. The molecule has 1 unspecified atom stereocenters. The number of carbonyl (C=O) groups excluding carboxylic acids is 1. The van der Waals surface area contributed by atoms with Crippen molar-refractivity contribution < 1.29 is 59.8 Å². The van der Waals surface area contributed by atoms with Gasteiger partial charge in [-0.1, -0.05) is 13.0 Å². The van der Waals surface area contributed by atoms with Gasteiger partial charge in [-0.25, -0.2) is 27.6 Å². The molecular formula is C44H55ClF2N10O8. The Labute approximate surface area is 380 Å². The standard InChI is InChI=1S/C44H54F2N10O8.ClH/c1-4-40(29(2)57)56-43(61)55(27-50-56)35-8-6-33(7-9-35)51-17-19-52(20-18-51)34-10-12-36(13-11-34)62-23-31-22-44(63-24-31,37-14-5-32(45)21-38(37)46)25-54-28-53(26-49-54)30(3)64-42(60)48-16-15-39(47)41(58)59;/h5-14,21,26-31,39-40,57H,4,15-20,22-25,47H2,1-3H3,(H-,48,58,59,60);1H/t29-,30?,31+,39-,40-,44-;/m0./s1. The Hall–Kier alpha value is -6.09. The second kappa shape index (κ2) is 21.3. The van der Waals surface area contributed by atoms with Gasteiger partial charge in [-0.3, -0.25) is 4.79 Å². The molecule has 350 valence electrons. The van der Waals surface area contributed by atoms with Crippen molar-refractivity contribution in [2.75, 3.05) is 55.7 Å². The molecule has 1 amide bonds. The van der Waals surface area contributed by atoms with Crippen molar-refractivity contribution in [3.63, 3.8) is 0 Å². The number of rotatable bonds is 18. The first kappa shape index (κ1) is 48.4. The molecule has 0 bridgehead atoms. The molecule has 6 atom stereocenters. The zero-order valence-corrected chi connectivity index (χ0v) is 37.1. The van der Waals surface area contributed by atoms with Crippen molar-refractivity contribution in [2.24, 2.45) is 11.7 Å². The molecule has 2 aromatic heterocycles. The molecule has 2 aliphatic heterocycles. The molecule has 2 fully saturated rings. The van der Waals surface area contributed by atoms with Gasteiger partial charge in [0.25, 0.3) is 6.33 Å². The number of carbonyl (C=O) groups is 2. The molecule has 5 N–H and O–H groups in total. The lowest BCUT2D eigenvalue weighted by Gasteiger charge is -2.37. The lowest BCUT2D eigenvalue weighted by molar-refractivity contribution is -0.753. The van der Waals surface area contributed by atoms with Gasteiger partial charge in [0.15, 0.2) is 0 Å². The molecule has 3 aromatic carbocycles. The van der Waals surface area contributed by atoms with Crippen LogP contribution in [0.2, 0.25) is 0 Å². The lowest BCUT2D eigenvalue weighted by atomic mass is 9.87. The van der Waals surface area contributed by atoms with Gasteiger partial charge in [-0.05, 0) is 80.8 Å². The van der Waals surface area contributed by atoms with Crippen molar-refractivity contribution in [3.05, 3.63) is 113 Å². The number of ether oxygens (including phenoxy) is 3. The van der Waals surface area contributed by atoms with Gasteiger partial charge in [-0.15, -0.1) is 4.68 Å². The van der Waals surface area contributed by atoms with Gasteiger partial charge in [0.1, 0.15) is 41.9 Å². The zero-order valence-electron chi connectivity index (χ0n) is 36.4. The Balaban J connectivity index is 0.00000700. The second-order valence-electron chi connectivity index (χ2n) is 16.3. The fourth-order valence-corrected chi connectivity index (χ4v) is 8.25. The minimum atomic E-state index is -1.21. The van der Waals surface area contributed by atoms with E-state index < -0.39 is 53.7 Å². The largest absolute Gasteiger partial charge is 1.00 e. The summed E-state index contributed by atoms with van der Waals surface area (Å²) >= 11 is 0. The molecule has 65 heavy (non-hydrogen) atoms. The molecule has 18 nitrogen and oxygen atoms in total. The Morgan fingerprint density at radius 3 is 2.26 bits per heavy atom. The Morgan fingerprint density at radius 2 is 1.65 bits per heavy atom. The number of alkyl carbamates (subject to hydrolysis) is 1. The molecular weight excluding hydrogens is 870 g/mol. The minimum absolute atomic E-state index is 0. The molecule has 2 saturated heterocycles. The predicted octanol–water partition coefficient (Wildman–Crippen LogP) is 0.516. The number of aromatic nitrogens is 6. The number of carboxylic acid groups (broad SMARTS) is 1. The van der Waals surface area contributed by atoms with Crippen molar-refractivity contribution in [1.29, 1.82) is 0 Å². The number of aliphatic hydroxyl groups excluding tert-OH is 1. The third kappa shape index (κ3) is 11.4. The summed E-state index contributed by atoms with van der Waals surface area (Å²) in [6.45, 7) is 9.01. The number of hydrogen-bond acceptors (Lipinski definition) is 12. The number of aliphatic hydroxyl groups is 1. The highest BCUT2D eigenvalue weighted by molar-refractivity contribution is 5.73. The van der Waals surface area contributed by atoms with E-state index in [1.54, 1.807) is 20.2 Å². The highest BCUT2D eigenvalue weighted by Crippen LogP contribution is 2.42. The van der Waals surface area contributed by atoms with E-state index in [4.69, 9.17) is 25.1 Å². The smallest absolute Gasteiger partial charge is 0.410 e. The number of amides is 1. The molecule has 0 aliphatic carbocycles. The maximum atomic E-state index is 15.4. The van der Waals surface area contributed by atoms with Crippen LogP contribution in [0.1, 0.15) is 57.9 Å². The lowest BCUT2D eigenvalue weighted by Crippen LogP contribution is -3.00. The van der Waals surface area contributed by atoms with Crippen molar-refractivity contribution >= 4 is 23.4 Å². The summed E-state index contributed by atoms with van der Waals surface area (Å²) in [5.74, 6) is -2.10. The van der Waals surface area contributed by atoms with E-state index in [2.05, 4.69) is 25.3 Å². The average Bonchev–Trinajstić information content (AvgIpc) is 4.02. The van der Waals surface area contributed by atoms with Gasteiger partial charge in [0, 0.05) is 73.7 Å².